The lowest BCUT2D eigenvalue weighted by Crippen LogP contribution is -2.44. The number of rotatable bonds is 8. The molecule has 2 aromatic carbocycles. The highest BCUT2D eigenvalue weighted by Crippen LogP contribution is 2.26. The first kappa shape index (κ1) is 20.9. The molecule has 6 nitrogen and oxygen atoms in total. The fourth-order valence-electron chi connectivity index (χ4n) is 2.55. The second kappa shape index (κ2) is 10.6. The number of carbonyl (C=O) groups excluding carboxylic acids is 2. The van der Waals surface area contributed by atoms with Crippen LogP contribution in [0.2, 0.25) is 0 Å². The Morgan fingerprint density at radius 1 is 1.10 bits per heavy atom. The minimum Gasteiger partial charge on any atom is -0.483 e. The van der Waals surface area contributed by atoms with Crippen molar-refractivity contribution in [2.45, 2.75) is 24.0 Å². The van der Waals surface area contributed by atoms with Gasteiger partial charge >= 0.3 is 0 Å². The molecular formula is C21H21N3O3S2. The molecule has 0 aliphatic carbocycles. The van der Waals surface area contributed by atoms with Gasteiger partial charge in [-0.25, -0.2) is 4.98 Å². The summed E-state index contributed by atoms with van der Waals surface area (Å²) in [5.41, 5.74) is 9.12. The molecular weight excluding hydrogens is 406 g/mol. The van der Waals surface area contributed by atoms with E-state index in [1.807, 2.05) is 48.7 Å². The Morgan fingerprint density at radius 3 is 2.69 bits per heavy atom. The number of hydrogen-bond donors (Lipinski definition) is 2. The second-order valence-corrected chi connectivity index (χ2v) is 7.75. The van der Waals surface area contributed by atoms with Crippen molar-refractivity contribution in [3.63, 3.8) is 0 Å². The lowest BCUT2D eigenvalue weighted by Gasteiger charge is -2.12. The molecule has 1 aromatic heterocycles. The summed E-state index contributed by atoms with van der Waals surface area (Å²) in [5, 5.41) is 1.98. The maximum Gasteiger partial charge on any atom is 0.276 e. The maximum absolute atomic E-state index is 12.5. The van der Waals surface area contributed by atoms with Gasteiger partial charge in [-0.1, -0.05) is 37.3 Å². The van der Waals surface area contributed by atoms with Gasteiger partial charge in [-0.05, 0) is 30.2 Å². The van der Waals surface area contributed by atoms with Crippen LogP contribution < -0.4 is 15.6 Å². The third-order valence-electron chi connectivity index (χ3n) is 4.02. The van der Waals surface area contributed by atoms with Crippen molar-refractivity contribution in [2.75, 3.05) is 6.61 Å². The summed E-state index contributed by atoms with van der Waals surface area (Å²) in [5.74, 6) is 0.524. The molecule has 2 N–H and O–H groups in total. The molecule has 0 saturated carbocycles. The fourth-order valence-corrected chi connectivity index (χ4v) is 4.17. The normalized spacial score (nSPS) is 10.4. The fraction of sp³-hybridized carbons (Fsp3) is 0.190. The third-order valence-corrected chi connectivity index (χ3v) is 5.76. The zero-order valence-corrected chi connectivity index (χ0v) is 17.5. The van der Waals surface area contributed by atoms with Crippen LogP contribution in [0.4, 0.5) is 0 Å². The first-order valence-electron chi connectivity index (χ1n) is 9.06. The molecule has 1 heterocycles. The number of amides is 2. The van der Waals surface area contributed by atoms with Crippen LogP contribution in [0.15, 0.2) is 64.3 Å². The lowest BCUT2D eigenvalue weighted by molar-refractivity contribution is -0.123. The summed E-state index contributed by atoms with van der Waals surface area (Å²) in [6.07, 6.45) is 0.809. The van der Waals surface area contributed by atoms with Crippen LogP contribution in [0.25, 0.3) is 0 Å². The van der Waals surface area contributed by atoms with Gasteiger partial charge in [0.15, 0.2) is 6.61 Å². The van der Waals surface area contributed by atoms with Gasteiger partial charge < -0.3 is 4.74 Å². The SMILES string of the molecule is CCc1ccccc1OCC(=O)NNC(=O)c1ccccc1SCc1cscn1. The first-order valence-corrected chi connectivity index (χ1v) is 11.0. The van der Waals surface area contributed by atoms with Gasteiger partial charge in [0.2, 0.25) is 0 Å². The number of benzene rings is 2. The Morgan fingerprint density at radius 2 is 1.90 bits per heavy atom. The monoisotopic (exact) mass is 427 g/mol. The van der Waals surface area contributed by atoms with Crippen molar-refractivity contribution in [1.29, 1.82) is 0 Å². The Balaban J connectivity index is 1.52. The molecule has 0 aliphatic rings. The van der Waals surface area contributed by atoms with Gasteiger partial charge in [-0.15, -0.1) is 23.1 Å². The third kappa shape index (κ3) is 6.07. The molecule has 0 saturated heterocycles. The van der Waals surface area contributed by atoms with Crippen LogP contribution in [-0.4, -0.2) is 23.4 Å². The molecule has 0 aliphatic heterocycles. The number of carbonyl (C=O) groups is 2. The van der Waals surface area contributed by atoms with Crippen LogP contribution in [0.3, 0.4) is 0 Å². The number of hydrazine groups is 1. The summed E-state index contributed by atoms with van der Waals surface area (Å²) in [6.45, 7) is 1.84. The molecule has 8 heteroatoms. The largest absolute Gasteiger partial charge is 0.483 e. The molecule has 0 fully saturated rings. The van der Waals surface area contributed by atoms with E-state index in [0.29, 0.717) is 17.1 Å². The number of para-hydroxylation sites is 1. The second-order valence-electron chi connectivity index (χ2n) is 6.02. The topological polar surface area (TPSA) is 80.3 Å². The van der Waals surface area contributed by atoms with Crippen LogP contribution in [-0.2, 0) is 17.0 Å². The molecule has 0 unspecified atom stereocenters. The van der Waals surface area contributed by atoms with Crippen LogP contribution >= 0.6 is 23.1 Å². The molecule has 0 bridgehead atoms. The van der Waals surface area contributed by atoms with Gasteiger partial charge in [0.1, 0.15) is 5.75 Å². The van der Waals surface area contributed by atoms with Gasteiger partial charge in [-0.2, -0.15) is 0 Å². The number of thioether (sulfide) groups is 1. The molecule has 2 amide bonds. The van der Waals surface area contributed by atoms with E-state index >= 15 is 0 Å². The van der Waals surface area contributed by atoms with E-state index in [2.05, 4.69) is 15.8 Å². The van der Waals surface area contributed by atoms with Crippen molar-refractivity contribution < 1.29 is 14.3 Å². The number of ether oxygens (including phenoxy) is 1. The summed E-state index contributed by atoms with van der Waals surface area (Å²) < 4.78 is 5.56. The number of aryl methyl sites for hydroxylation is 1. The van der Waals surface area contributed by atoms with Crippen molar-refractivity contribution >= 4 is 34.9 Å². The number of thiazole rings is 1. The van der Waals surface area contributed by atoms with Gasteiger partial charge in [0.25, 0.3) is 11.8 Å². The molecule has 0 spiro atoms. The number of hydrogen-bond acceptors (Lipinski definition) is 6. The van der Waals surface area contributed by atoms with E-state index in [9.17, 15) is 9.59 Å². The number of aromatic nitrogens is 1. The first-order chi connectivity index (χ1) is 14.2. The van der Waals surface area contributed by atoms with E-state index < -0.39 is 5.91 Å². The predicted octanol–water partition coefficient (Wildman–Crippen LogP) is 3.84. The molecule has 0 radical (unpaired) electrons. The smallest absolute Gasteiger partial charge is 0.276 e. The standard InChI is InChI=1S/C21H21N3O3S2/c1-2-15-7-3-5-9-18(15)27-11-20(25)23-24-21(26)17-8-4-6-10-19(17)29-13-16-12-28-14-22-16/h3-10,12,14H,2,11,13H2,1H3,(H,23,25)(H,24,26). The van der Waals surface area contributed by atoms with Crippen molar-refractivity contribution in [3.8, 4) is 5.75 Å². The predicted molar refractivity (Wildman–Crippen MR) is 115 cm³/mol. The Kier molecular flexibility index (Phi) is 7.66. The number of nitrogens with one attached hydrogen (secondary N) is 2. The summed E-state index contributed by atoms with van der Waals surface area (Å²) in [7, 11) is 0. The van der Waals surface area contributed by atoms with E-state index in [4.69, 9.17) is 4.74 Å². The maximum atomic E-state index is 12.5. The minimum atomic E-state index is -0.433. The van der Waals surface area contributed by atoms with E-state index in [1.54, 1.807) is 17.6 Å². The zero-order chi connectivity index (χ0) is 20.5. The minimum absolute atomic E-state index is 0.183. The lowest BCUT2D eigenvalue weighted by atomic mass is 10.1. The Hall–Kier alpha value is -2.84. The molecule has 29 heavy (non-hydrogen) atoms. The van der Waals surface area contributed by atoms with E-state index in [0.717, 1.165) is 22.6 Å². The van der Waals surface area contributed by atoms with Crippen molar-refractivity contribution in [1.82, 2.24) is 15.8 Å². The molecule has 150 valence electrons. The van der Waals surface area contributed by atoms with E-state index in [1.165, 1.54) is 23.1 Å². The van der Waals surface area contributed by atoms with Gasteiger partial charge in [-0.3, -0.25) is 20.4 Å². The van der Waals surface area contributed by atoms with Crippen LogP contribution in [0.5, 0.6) is 5.75 Å². The summed E-state index contributed by atoms with van der Waals surface area (Å²) in [4.78, 5) is 29.6. The average molecular weight is 428 g/mol. The Labute approximate surface area is 177 Å². The van der Waals surface area contributed by atoms with Crippen LogP contribution in [0, 0.1) is 0 Å². The van der Waals surface area contributed by atoms with E-state index in [-0.39, 0.29) is 12.5 Å². The zero-order valence-electron chi connectivity index (χ0n) is 15.9. The van der Waals surface area contributed by atoms with Crippen molar-refractivity contribution in [2.24, 2.45) is 0 Å². The molecule has 3 rings (SSSR count). The van der Waals surface area contributed by atoms with Crippen molar-refractivity contribution in [3.05, 3.63) is 76.2 Å². The highest BCUT2D eigenvalue weighted by molar-refractivity contribution is 7.98. The average Bonchev–Trinajstić information content (AvgIpc) is 3.28. The number of nitrogens with zero attached hydrogens (tertiary/aromatic N) is 1. The summed E-state index contributed by atoms with van der Waals surface area (Å²) >= 11 is 3.06. The van der Waals surface area contributed by atoms with Crippen LogP contribution in [0.1, 0.15) is 28.5 Å². The molecule has 3 aromatic rings. The molecule has 0 atom stereocenters. The Bertz CT molecular complexity index is 961. The van der Waals surface area contributed by atoms with Gasteiger partial charge in [0, 0.05) is 16.0 Å². The quantitative estimate of drug-likeness (QED) is 0.422. The van der Waals surface area contributed by atoms with Gasteiger partial charge in [0.05, 0.1) is 16.8 Å². The summed E-state index contributed by atoms with van der Waals surface area (Å²) in [6, 6.07) is 14.8. The highest BCUT2D eigenvalue weighted by atomic mass is 32.2. The highest BCUT2D eigenvalue weighted by Gasteiger charge is 2.13.